The summed E-state index contributed by atoms with van der Waals surface area (Å²) >= 11 is 0. The van der Waals surface area contributed by atoms with Crippen molar-refractivity contribution in [2.45, 2.75) is 86.7 Å². The van der Waals surface area contributed by atoms with Gasteiger partial charge in [-0.3, -0.25) is 0 Å². The Morgan fingerprint density at radius 2 is 1.36 bits per heavy atom. The maximum Gasteiger partial charge on any atom is 0.120 e. The van der Waals surface area contributed by atoms with Crippen LogP contribution in [0.3, 0.4) is 0 Å². The quantitative estimate of drug-likeness (QED) is 0.580. The lowest BCUT2D eigenvalue weighted by Crippen LogP contribution is -2.27. The highest BCUT2D eigenvalue weighted by molar-refractivity contribution is 5.31. The van der Waals surface area contributed by atoms with Gasteiger partial charge in [-0.05, 0) is 61.1 Å². The average molecular weight is 305 g/mol. The molecule has 1 aromatic carbocycles. The molecule has 0 spiro atoms. The van der Waals surface area contributed by atoms with E-state index in [1.165, 1.54) is 12.0 Å². The maximum absolute atomic E-state index is 6.07. The van der Waals surface area contributed by atoms with E-state index in [0.717, 1.165) is 12.2 Å². The van der Waals surface area contributed by atoms with Crippen molar-refractivity contribution >= 4 is 0 Å². The smallest absolute Gasteiger partial charge is 0.120 e. The van der Waals surface area contributed by atoms with Gasteiger partial charge in [-0.2, -0.15) is 0 Å². The predicted molar refractivity (Wildman–Crippen MR) is 97.7 cm³/mol. The van der Waals surface area contributed by atoms with Crippen LogP contribution in [0.5, 0.6) is 5.75 Å². The second-order valence-corrected chi connectivity index (χ2v) is 9.47. The van der Waals surface area contributed by atoms with Gasteiger partial charge in [0.05, 0.1) is 0 Å². The molecular weight excluding hydrogens is 268 g/mol. The van der Waals surface area contributed by atoms with E-state index in [1.54, 1.807) is 0 Å². The zero-order valence-electron chi connectivity index (χ0n) is 16.2. The van der Waals surface area contributed by atoms with Crippen molar-refractivity contribution in [1.29, 1.82) is 0 Å². The minimum Gasteiger partial charge on any atom is -0.488 e. The van der Waals surface area contributed by atoms with Gasteiger partial charge in [0.15, 0.2) is 0 Å². The van der Waals surface area contributed by atoms with E-state index in [2.05, 4.69) is 86.6 Å². The summed E-state index contributed by atoms with van der Waals surface area (Å²) in [5, 5.41) is 0. The van der Waals surface area contributed by atoms with E-state index in [4.69, 9.17) is 4.74 Å². The van der Waals surface area contributed by atoms with Crippen LogP contribution in [0.4, 0.5) is 0 Å². The summed E-state index contributed by atoms with van der Waals surface area (Å²) in [6.45, 7) is 20.4. The predicted octanol–water partition coefficient (Wildman–Crippen LogP) is 6.82. The Morgan fingerprint density at radius 3 is 1.73 bits per heavy atom. The van der Waals surface area contributed by atoms with Crippen molar-refractivity contribution in [1.82, 2.24) is 0 Å². The Bertz CT molecular complexity index is 454. The SMILES string of the molecule is CCC(C)(C)Oc1ccc(C(CC(C)(C)C)C(C)(C)C)cc1. The zero-order valence-corrected chi connectivity index (χ0v) is 16.2. The van der Waals surface area contributed by atoms with Crippen LogP contribution in [-0.2, 0) is 0 Å². The third-order valence-electron chi connectivity index (χ3n) is 4.39. The van der Waals surface area contributed by atoms with Crippen LogP contribution in [0.15, 0.2) is 24.3 Å². The van der Waals surface area contributed by atoms with Crippen molar-refractivity contribution in [3.63, 3.8) is 0 Å². The molecule has 0 aliphatic rings. The molecule has 1 unspecified atom stereocenters. The summed E-state index contributed by atoms with van der Waals surface area (Å²) in [4.78, 5) is 0. The molecule has 0 bridgehead atoms. The maximum atomic E-state index is 6.07. The molecule has 1 rings (SSSR count). The van der Waals surface area contributed by atoms with Gasteiger partial charge >= 0.3 is 0 Å². The lowest BCUT2D eigenvalue weighted by molar-refractivity contribution is 0.105. The van der Waals surface area contributed by atoms with E-state index >= 15 is 0 Å². The number of benzene rings is 1. The fourth-order valence-corrected chi connectivity index (χ4v) is 2.70. The van der Waals surface area contributed by atoms with E-state index in [9.17, 15) is 0 Å². The molecule has 126 valence electrons. The van der Waals surface area contributed by atoms with Gasteiger partial charge in [0.1, 0.15) is 11.4 Å². The highest BCUT2D eigenvalue weighted by Gasteiger charge is 2.30. The van der Waals surface area contributed by atoms with Gasteiger partial charge < -0.3 is 4.74 Å². The number of ether oxygens (including phenoxy) is 1. The van der Waals surface area contributed by atoms with E-state index in [1.807, 2.05) is 0 Å². The van der Waals surface area contributed by atoms with Crippen LogP contribution < -0.4 is 4.74 Å². The summed E-state index contributed by atoms with van der Waals surface area (Å²) in [6.07, 6.45) is 2.19. The first kappa shape index (κ1) is 19.1. The molecule has 0 saturated heterocycles. The van der Waals surface area contributed by atoms with Crippen molar-refractivity contribution in [2.75, 3.05) is 0 Å². The van der Waals surface area contributed by atoms with Crippen LogP contribution >= 0.6 is 0 Å². The number of hydrogen-bond donors (Lipinski definition) is 0. The number of rotatable bonds is 5. The first-order chi connectivity index (χ1) is 9.84. The average Bonchev–Trinajstić information content (AvgIpc) is 2.34. The standard InChI is InChI=1S/C21H36O/c1-10-21(8,9)22-17-13-11-16(12-14-17)18(20(5,6)7)15-19(2,3)4/h11-14,18H,10,15H2,1-9H3. The minimum atomic E-state index is -0.101. The third-order valence-corrected chi connectivity index (χ3v) is 4.39. The van der Waals surface area contributed by atoms with Gasteiger partial charge in [0, 0.05) is 0 Å². The van der Waals surface area contributed by atoms with E-state index in [0.29, 0.717) is 11.3 Å². The molecule has 1 atom stereocenters. The molecule has 1 aromatic rings. The molecule has 0 aliphatic carbocycles. The monoisotopic (exact) mass is 304 g/mol. The first-order valence-corrected chi connectivity index (χ1v) is 8.63. The van der Waals surface area contributed by atoms with Gasteiger partial charge in [-0.25, -0.2) is 0 Å². The summed E-state index contributed by atoms with van der Waals surface area (Å²) in [5.74, 6) is 1.53. The van der Waals surface area contributed by atoms with Crippen LogP contribution in [-0.4, -0.2) is 5.60 Å². The topological polar surface area (TPSA) is 9.23 Å². The van der Waals surface area contributed by atoms with Crippen molar-refractivity contribution < 1.29 is 4.74 Å². The van der Waals surface area contributed by atoms with Crippen LogP contribution in [0.2, 0.25) is 0 Å². The summed E-state index contributed by atoms with van der Waals surface area (Å²) in [7, 11) is 0. The Hall–Kier alpha value is -0.980. The van der Waals surface area contributed by atoms with Crippen molar-refractivity contribution in [3.8, 4) is 5.75 Å². The molecule has 0 N–H and O–H groups in total. The Kier molecular flexibility index (Phi) is 5.76. The normalized spacial score (nSPS) is 14.8. The Labute approximate surface area is 138 Å². The van der Waals surface area contributed by atoms with Crippen molar-refractivity contribution in [2.24, 2.45) is 10.8 Å². The Balaban J connectivity index is 2.99. The molecule has 0 heterocycles. The Morgan fingerprint density at radius 1 is 0.864 bits per heavy atom. The molecule has 0 radical (unpaired) electrons. The van der Waals surface area contributed by atoms with E-state index < -0.39 is 0 Å². The fourth-order valence-electron chi connectivity index (χ4n) is 2.70. The van der Waals surface area contributed by atoms with Crippen molar-refractivity contribution in [3.05, 3.63) is 29.8 Å². The third kappa shape index (κ3) is 6.02. The van der Waals surface area contributed by atoms with E-state index in [-0.39, 0.29) is 11.0 Å². The molecule has 0 saturated carbocycles. The molecule has 1 nitrogen and oxygen atoms in total. The second-order valence-electron chi connectivity index (χ2n) is 9.47. The minimum absolute atomic E-state index is 0.101. The molecular formula is C21H36O. The van der Waals surface area contributed by atoms with Crippen LogP contribution in [0.1, 0.15) is 86.6 Å². The summed E-state index contributed by atoms with van der Waals surface area (Å²) in [5.41, 5.74) is 1.91. The lowest BCUT2D eigenvalue weighted by Gasteiger charge is -2.36. The molecule has 0 aromatic heterocycles. The highest BCUT2D eigenvalue weighted by atomic mass is 16.5. The molecule has 0 aliphatic heterocycles. The van der Waals surface area contributed by atoms with Crippen LogP contribution in [0.25, 0.3) is 0 Å². The van der Waals surface area contributed by atoms with Gasteiger partial charge in [0.25, 0.3) is 0 Å². The van der Waals surface area contributed by atoms with Crippen LogP contribution in [0, 0.1) is 10.8 Å². The first-order valence-electron chi connectivity index (χ1n) is 8.63. The largest absolute Gasteiger partial charge is 0.488 e. The van der Waals surface area contributed by atoms with Gasteiger partial charge in [-0.15, -0.1) is 0 Å². The lowest BCUT2D eigenvalue weighted by atomic mass is 9.69. The second kappa shape index (κ2) is 6.64. The van der Waals surface area contributed by atoms with Gasteiger partial charge in [0.2, 0.25) is 0 Å². The molecule has 0 fully saturated rings. The summed E-state index contributed by atoms with van der Waals surface area (Å²) in [6, 6.07) is 8.77. The molecule has 22 heavy (non-hydrogen) atoms. The zero-order chi connectivity index (χ0) is 17.2. The van der Waals surface area contributed by atoms with Gasteiger partial charge in [-0.1, -0.05) is 60.6 Å². The number of hydrogen-bond acceptors (Lipinski definition) is 1. The summed E-state index contributed by atoms with van der Waals surface area (Å²) < 4.78 is 6.07. The highest BCUT2D eigenvalue weighted by Crippen LogP contribution is 2.43. The molecule has 1 heteroatoms. The fraction of sp³-hybridized carbons (Fsp3) is 0.714. The molecule has 0 amide bonds.